The zero-order chi connectivity index (χ0) is 21.3. The molecule has 30 heavy (non-hydrogen) atoms. The molecule has 2 heterocycles. The Labute approximate surface area is 185 Å². The number of guanidine groups is 1. The second kappa shape index (κ2) is 11.3. The summed E-state index contributed by atoms with van der Waals surface area (Å²) in [5, 5.41) is 6.90. The number of benzene rings is 1. The number of aliphatic imine (C=N–C) groups is 1. The molecule has 1 aliphatic heterocycles. The highest BCUT2D eigenvalue weighted by Crippen LogP contribution is 2.19. The molecular weight excluding hydrogens is 394 g/mol. The Kier molecular flexibility index (Phi) is 8.51. The van der Waals surface area contributed by atoms with Crippen LogP contribution in [0, 0.1) is 19.8 Å². The van der Waals surface area contributed by atoms with Crippen molar-refractivity contribution in [3.05, 3.63) is 45.9 Å². The molecular formula is C23H35N5OS. The Bertz CT molecular complexity index is 796. The Morgan fingerprint density at radius 1 is 1.27 bits per heavy atom. The van der Waals surface area contributed by atoms with Crippen LogP contribution in [0.2, 0.25) is 0 Å². The van der Waals surface area contributed by atoms with Gasteiger partial charge in [0.1, 0.15) is 12.4 Å². The van der Waals surface area contributed by atoms with E-state index < -0.39 is 0 Å². The standard InChI is InChI=1S/C23H35N5OS/c1-18-5-7-22(8-6-18)29-14-13-27(4)23(24-3)25-15-20-9-11-28(12-10-20)16-21-17-30-19(2)26-21/h5-8,17,20H,9-16H2,1-4H3,(H,24,25). The smallest absolute Gasteiger partial charge is 0.193 e. The third-order valence-electron chi connectivity index (χ3n) is 5.60. The van der Waals surface area contributed by atoms with E-state index in [2.05, 4.69) is 63.5 Å². The van der Waals surface area contributed by atoms with Crippen LogP contribution in [0.1, 0.15) is 29.1 Å². The first-order valence-electron chi connectivity index (χ1n) is 10.8. The molecule has 6 nitrogen and oxygen atoms in total. The lowest BCUT2D eigenvalue weighted by Crippen LogP contribution is -2.44. The van der Waals surface area contributed by atoms with E-state index in [9.17, 15) is 0 Å². The van der Waals surface area contributed by atoms with Gasteiger partial charge in [0.2, 0.25) is 0 Å². The average molecular weight is 430 g/mol. The lowest BCUT2D eigenvalue weighted by atomic mass is 9.97. The number of aromatic nitrogens is 1. The van der Waals surface area contributed by atoms with Crippen molar-refractivity contribution in [1.29, 1.82) is 0 Å². The minimum atomic E-state index is 0.634. The van der Waals surface area contributed by atoms with Crippen molar-refractivity contribution in [3.63, 3.8) is 0 Å². The highest BCUT2D eigenvalue weighted by atomic mass is 32.1. The normalized spacial score (nSPS) is 15.9. The van der Waals surface area contributed by atoms with E-state index in [1.807, 2.05) is 19.2 Å². The average Bonchev–Trinajstić information content (AvgIpc) is 3.15. The molecule has 0 saturated carbocycles. The maximum absolute atomic E-state index is 5.85. The molecule has 7 heteroatoms. The summed E-state index contributed by atoms with van der Waals surface area (Å²) >= 11 is 1.74. The van der Waals surface area contributed by atoms with Gasteiger partial charge in [-0.15, -0.1) is 11.3 Å². The van der Waals surface area contributed by atoms with Gasteiger partial charge in [-0.3, -0.25) is 9.89 Å². The number of nitrogens with zero attached hydrogens (tertiary/aromatic N) is 4. The Morgan fingerprint density at radius 2 is 2.00 bits per heavy atom. The van der Waals surface area contributed by atoms with E-state index in [-0.39, 0.29) is 0 Å². The zero-order valence-electron chi connectivity index (χ0n) is 18.7. The van der Waals surface area contributed by atoms with Crippen LogP contribution in [-0.4, -0.2) is 67.6 Å². The van der Waals surface area contributed by atoms with E-state index in [1.165, 1.54) is 24.1 Å². The predicted octanol–water partition coefficient (Wildman–Crippen LogP) is 3.56. The van der Waals surface area contributed by atoms with Gasteiger partial charge in [-0.25, -0.2) is 4.98 Å². The molecule has 1 saturated heterocycles. The quantitative estimate of drug-likeness (QED) is 0.514. The zero-order valence-corrected chi connectivity index (χ0v) is 19.5. The summed E-state index contributed by atoms with van der Waals surface area (Å²) < 4.78 is 5.85. The van der Waals surface area contributed by atoms with Crippen LogP contribution in [0.3, 0.4) is 0 Å². The number of likely N-dealkylation sites (N-methyl/N-ethyl adjacent to an activating group) is 1. The predicted molar refractivity (Wildman–Crippen MR) is 126 cm³/mol. The van der Waals surface area contributed by atoms with Crippen molar-refractivity contribution in [2.75, 3.05) is 46.9 Å². The van der Waals surface area contributed by atoms with Gasteiger partial charge in [-0.05, 0) is 57.8 Å². The van der Waals surface area contributed by atoms with E-state index in [4.69, 9.17) is 4.74 Å². The number of rotatable bonds is 8. The van der Waals surface area contributed by atoms with Crippen molar-refractivity contribution >= 4 is 17.3 Å². The van der Waals surface area contributed by atoms with Gasteiger partial charge in [0.15, 0.2) is 5.96 Å². The molecule has 164 valence electrons. The number of piperidine rings is 1. The van der Waals surface area contributed by atoms with Gasteiger partial charge >= 0.3 is 0 Å². The van der Waals surface area contributed by atoms with E-state index in [0.29, 0.717) is 12.5 Å². The van der Waals surface area contributed by atoms with Crippen LogP contribution >= 0.6 is 11.3 Å². The first-order valence-corrected chi connectivity index (χ1v) is 11.7. The fraction of sp³-hybridized carbons (Fsp3) is 0.565. The second-order valence-corrected chi connectivity index (χ2v) is 9.15. The number of nitrogens with one attached hydrogen (secondary N) is 1. The molecule has 0 spiro atoms. The highest BCUT2D eigenvalue weighted by molar-refractivity contribution is 7.09. The van der Waals surface area contributed by atoms with E-state index in [0.717, 1.165) is 49.4 Å². The van der Waals surface area contributed by atoms with Crippen molar-refractivity contribution in [2.24, 2.45) is 10.9 Å². The maximum atomic E-state index is 5.85. The van der Waals surface area contributed by atoms with E-state index in [1.54, 1.807) is 11.3 Å². The second-order valence-electron chi connectivity index (χ2n) is 8.09. The van der Waals surface area contributed by atoms with Crippen molar-refractivity contribution in [2.45, 2.75) is 33.2 Å². The molecule has 1 aromatic heterocycles. The third kappa shape index (κ3) is 6.99. The van der Waals surface area contributed by atoms with Gasteiger partial charge in [-0.1, -0.05) is 17.7 Å². The van der Waals surface area contributed by atoms with Crippen LogP contribution in [0.25, 0.3) is 0 Å². The lowest BCUT2D eigenvalue weighted by molar-refractivity contribution is 0.176. The molecule has 1 aromatic carbocycles. The first-order chi connectivity index (χ1) is 14.5. The van der Waals surface area contributed by atoms with Gasteiger partial charge in [0.05, 0.1) is 17.2 Å². The summed E-state index contributed by atoms with van der Waals surface area (Å²) in [5.74, 6) is 2.53. The number of likely N-dealkylation sites (tertiary alicyclic amines) is 1. The molecule has 0 atom stereocenters. The van der Waals surface area contributed by atoms with Crippen LogP contribution in [-0.2, 0) is 6.54 Å². The van der Waals surface area contributed by atoms with Gasteiger partial charge in [0, 0.05) is 32.6 Å². The van der Waals surface area contributed by atoms with Gasteiger partial charge in [-0.2, -0.15) is 0 Å². The number of ether oxygens (including phenoxy) is 1. The Hall–Kier alpha value is -2.12. The molecule has 0 unspecified atom stereocenters. The topological polar surface area (TPSA) is 53.0 Å². The summed E-state index contributed by atoms with van der Waals surface area (Å²) in [5.41, 5.74) is 2.46. The molecule has 3 rings (SSSR count). The van der Waals surface area contributed by atoms with Gasteiger partial charge < -0.3 is 15.0 Å². The van der Waals surface area contributed by atoms with Crippen molar-refractivity contribution in [1.82, 2.24) is 20.1 Å². The minimum Gasteiger partial charge on any atom is -0.492 e. The maximum Gasteiger partial charge on any atom is 0.193 e. The molecule has 1 aliphatic rings. The summed E-state index contributed by atoms with van der Waals surface area (Å²) in [6, 6.07) is 8.18. The van der Waals surface area contributed by atoms with Crippen LogP contribution < -0.4 is 10.1 Å². The fourth-order valence-corrected chi connectivity index (χ4v) is 4.32. The third-order valence-corrected chi connectivity index (χ3v) is 6.42. The number of hydrogen-bond donors (Lipinski definition) is 1. The Morgan fingerprint density at radius 3 is 2.63 bits per heavy atom. The molecule has 0 amide bonds. The van der Waals surface area contributed by atoms with E-state index >= 15 is 0 Å². The largest absolute Gasteiger partial charge is 0.492 e. The fourth-order valence-electron chi connectivity index (χ4n) is 3.72. The minimum absolute atomic E-state index is 0.634. The first kappa shape index (κ1) is 22.6. The SMILES string of the molecule is CN=C(NCC1CCN(Cc2csc(C)n2)CC1)N(C)CCOc1ccc(C)cc1. The summed E-state index contributed by atoms with van der Waals surface area (Å²) in [4.78, 5) is 13.7. The van der Waals surface area contributed by atoms with Crippen LogP contribution in [0.4, 0.5) is 0 Å². The van der Waals surface area contributed by atoms with Crippen molar-refractivity contribution in [3.8, 4) is 5.75 Å². The number of aryl methyl sites for hydroxylation is 2. The molecule has 2 aromatic rings. The van der Waals surface area contributed by atoms with Gasteiger partial charge in [0.25, 0.3) is 0 Å². The summed E-state index contributed by atoms with van der Waals surface area (Å²) in [6.07, 6.45) is 2.43. The molecule has 0 bridgehead atoms. The molecule has 1 N–H and O–H groups in total. The van der Waals surface area contributed by atoms with Crippen LogP contribution in [0.5, 0.6) is 5.75 Å². The summed E-state index contributed by atoms with van der Waals surface area (Å²) in [6.45, 7) is 9.82. The summed E-state index contributed by atoms with van der Waals surface area (Å²) in [7, 11) is 3.91. The molecule has 0 aliphatic carbocycles. The number of hydrogen-bond acceptors (Lipinski definition) is 5. The Balaban J connectivity index is 1.34. The molecule has 0 radical (unpaired) electrons. The number of thiazole rings is 1. The van der Waals surface area contributed by atoms with Crippen molar-refractivity contribution < 1.29 is 4.74 Å². The monoisotopic (exact) mass is 429 g/mol. The highest BCUT2D eigenvalue weighted by Gasteiger charge is 2.20. The van der Waals surface area contributed by atoms with Crippen LogP contribution in [0.15, 0.2) is 34.6 Å². The lowest BCUT2D eigenvalue weighted by Gasteiger charge is -2.32. The molecule has 1 fully saturated rings.